The highest BCUT2D eigenvalue weighted by Gasteiger charge is 2.45. The van der Waals surface area contributed by atoms with Gasteiger partial charge in [0, 0.05) is 33.2 Å². The van der Waals surface area contributed by atoms with Crippen molar-refractivity contribution in [2.24, 2.45) is 5.41 Å². The molecule has 1 aromatic rings. The number of hydrogen-bond donors (Lipinski definition) is 2. The molecule has 2 N–H and O–H groups in total. The van der Waals surface area contributed by atoms with Gasteiger partial charge in [-0.05, 0) is 33.3 Å². The number of piperazine rings is 1. The fraction of sp³-hybridized carbons (Fsp3) is 0.343. The number of hydrogen-bond acceptors (Lipinski definition) is 8. The van der Waals surface area contributed by atoms with Gasteiger partial charge in [0.15, 0.2) is 6.39 Å². The number of rotatable bonds is 15. The largest absolute Gasteiger partial charge is 0.448 e. The van der Waals surface area contributed by atoms with Crippen LogP contribution in [0, 0.1) is 5.41 Å². The van der Waals surface area contributed by atoms with Crippen LogP contribution in [0.15, 0.2) is 114 Å². The second-order valence-corrected chi connectivity index (χ2v) is 11.0. The van der Waals surface area contributed by atoms with Gasteiger partial charge < -0.3 is 24.5 Å². The molecule has 3 unspecified atom stereocenters. The molecular weight excluding hydrogens is 588 g/mol. The summed E-state index contributed by atoms with van der Waals surface area (Å²) in [6.07, 6.45) is 24.1. The number of aromatic nitrogens is 1. The van der Waals surface area contributed by atoms with Crippen LogP contribution in [0.1, 0.15) is 33.5 Å². The number of aliphatic hydroxyl groups is 1. The van der Waals surface area contributed by atoms with E-state index in [2.05, 4.69) is 16.9 Å². The van der Waals surface area contributed by atoms with Crippen molar-refractivity contribution in [3.8, 4) is 0 Å². The predicted octanol–water partition coefficient (Wildman–Crippen LogP) is 3.75. The van der Waals surface area contributed by atoms with Crippen LogP contribution in [0.2, 0.25) is 0 Å². The molecule has 0 radical (unpaired) electrons. The lowest BCUT2D eigenvalue weighted by Gasteiger charge is -2.39. The van der Waals surface area contributed by atoms with Crippen LogP contribution in [0.3, 0.4) is 0 Å². The zero-order valence-electron chi connectivity index (χ0n) is 27.3. The van der Waals surface area contributed by atoms with Crippen molar-refractivity contribution in [1.29, 1.82) is 0 Å². The number of methoxy groups -OCH3 is 1. The minimum absolute atomic E-state index is 0.218. The van der Waals surface area contributed by atoms with Crippen LogP contribution in [0.4, 0.5) is 0 Å². The Morgan fingerprint density at radius 3 is 2.39 bits per heavy atom. The number of carbonyl (C=O) groups is 4. The lowest BCUT2D eigenvalue weighted by atomic mass is 9.81. The monoisotopic (exact) mass is 632 g/mol. The number of ether oxygens (including phenoxy) is 1. The molecule has 2 heterocycles. The molecule has 46 heavy (non-hydrogen) atoms. The molecule has 0 spiro atoms. The summed E-state index contributed by atoms with van der Waals surface area (Å²) in [6, 6.07) is -0.939. The Morgan fingerprint density at radius 2 is 1.74 bits per heavy atom. The SMILES string of the molecule is C=C1C(=O)N(C)C(C(C)OC)C(=O)N1C(=O)/C=C/C=C/C=C/C=C\CNC(=O)C(C)(C)C(O)\C(C)=C/C=C\C=C\Cc1cnco1. The number of amides is 4. The lowest BCUT2D eigenvalue weighted by Crippen LogP contribution is -2.61. The molecule has 1 saturated heterocycles. The van der Waals surface area contributed by atoms with Gasteiger partial charge in [0.2, 0.25) is 5.91 Å². The van der Waals surface area contributed by atoms with E-state index in [-0.39, 0.29) is 18.1 Å². The van der Waals surface area contributed by atoms with E-state index < -0.39 is 41.4 Å². The maximum absolute atomic E-state index is 12.9. The van der Waals surface area contributed by atoms with Gasteiger partial charge in [0.1, 0.15) is 17.5 Å². The van der Waals surface area contributed by atoms with Gasteiger partial charge in [-0.25, -0.2) is 9.88 Å². The van der Waals surface area contributed by atoms with Crippen LogP contribution >= 0.6 is 0 Å². The quantitative estimate of drug-likeness (QED) is 0.220. The molecule has 1 fully saturated rings. The van der Waals surface area contributed by atoms with E-state index in [9.17, 15) is 24.3 Å². The van der Waals surface area contributed by atoms with E-state index >= 15 is 0 Å². The Morgan fingerprint density at radius 1 is 1.11 bits per heavy atom. The van der Waals surface area contributed by atoms with Crippen molar-refractivity contribution >= 4 is 23.6 Å². The van der Waals surface area contributed by atoms with Crippen molar-refractivity contribution in [2.45, 2.75) is 52.4 Å². The summed E-state index contributed by atoms with van der Waals surface area (Å²) in [6.45, 7) is 10.7. The van der Waals surface area contributed by atoms with Crippen molar-refractivity contribution in [3.05, 3.63) is 115 Å². The molecule has 0 bridgehead atoms. The van der Waals surface area contributed by atoms with Gasteiger partial charge in [-0.2, -0.15) is 0 Å². The van der Waals surface area contributed by atoms with E-state index in [0.717, 1.165) is 10.7 Å². The zero-order valence-corrected chi connectivity index (χ0v) is 27.3. The molecule has 11 nitrogen and oxygen atoms in total. The second kappa shape index (κ2) is 18.2. The molecule has 0 aliphatic carbocycles. The zero-order chi connectivity index (χ0) is 34.3. The molecule has 246 valence electrons. The number of imide groups is 1. The summed E-state index contributed by atoms with van der Waals surface area (Å²) in [7, 11) is 2.89. The highest BCUT2D eigenvalue weighted by molar-refractivity contribution is 6.14. The average Bonchev–Trinajstić information content (AvgIpc) is 3.55. The van der Waals surface area contributed by atoms with Gasteiger partial charge in [-0.3, -0.25) is 19.2 Å². The molecule has 4 amide bonds. The van der Waals surface area contributed by atoms with Crippen LogP contribution in [0.5, 0.6) is 0 Å². The van der Waals surface area contributed by atoms with E-state index in [1.54, 1.807) is 82.5 Å². The van der Waals surface area contributed by atoms with Crippen molar-refractivity contribution < 1.29 is 33.4 Å². The number of carbonyl (C=O) groups excluding carboxylic acids is 4. The molecule has 11 heteroatoms. The van der Waals surface area contributed by atoms with Crippen LogP contribution < -0.4 is 5.32 Å². The molecule has 0 aromatic carbocycles. The Hall–Kier alpha value is -4.87. The topological polar surface area (TPSA) is 142 Å². The molecule has 1 aliphatic rings. The maximum atomic E-state index is 12.9. The third-order valence-corrected chi connectivity index (χ3v) is 7.30. The average molecular weight is 633 g/mol. The molecule has 1 aromatic heterocycles. The Balaban J connectivity index is 1.80. The number of nitrogens with one attached hydrogen (secondary N) is 1. The minimum Gasteiger partial charge on any atom is -0.448 e. The first-order valence-corrected chi connectivity index (χ1v) is 14.7. The summed E-state index contributed by atoms with van der Waals surface area (Å²) in [5.74, 6) is -1.33. The number of oxazole rings is 1. The van der Waals surface area contributed by atoms with Gasteiger partial charge in [-0.1, -0.05) is 79.5 Å². The van der Waals surface area contributed by atoms with E-state index in [4.69, 9.17) is 9.15 Å². The normalized spacial score (nSPS) is 18.5. The van der Waals surface area contributed by atoms with Gasteiger partial charge in [0.05, 0.1) is 23.8 Å². The molecule has 2 rings (SSSR count). The molecule has 0 saturated carbocycles. The van der Waals surface area contributed by atoms with Crippen molar-refractivity contribution in [3.63, 3.8) is 0 Å². The summed E-state index contributed by atoms with van der Waals surface area (Å²) in [5.41, 5.74) is -0.618. The van der Waals surface area contributed by atoms with Gasteiger partial charge in [0.25, 0.3) is 17.7 Å². The molecular formula is C35H44N4O7. The summed E-state index contributed by atoms with van der Waals surface area (Å²) < 4.78 is 10.4. The highest BCUT2D eigenvalue weighted by Crippen LogP contribution is 2.26. The number of allylic oxidation sites excluding steroid dienone is 11. The fourth-order valence-electron chi connectivity index (χ4n) is 4.40. The van der Waals surface area contributed by atoms with E-state index in [1.165, 1.54) is 37.6 Å². The summed E-state index contributed by atoms with van der Waals surface area (Å²) in [5, 5.41) is 13.6. The highest BCUT2D eigenvalue weighted by atomic mass is 16.5. The molecule has 1 aliphatic heterocycles. The first-order valence-electron chi connectivity index (χ1n) is 14.7. The standard InChI is InChI=1S/C35H44N4O7/c1-25(19-15-12-13-16-20-28-23-36-24-46-28)31(41)35(4,5)34(44)37-22-18-14-10-8-9-11-17-21-29(40)39-26(2)32(42)38(6)30(33(39)43)27(3)45-7/h8-19,21,23-24,27,30-31,41H,2,20,22H2,1,3-7H3,(H,37,44)/b10-8+,11-9+,15-12-,16-13+,18-14-,21-17+,25-19-. The van der Waals surface area contributed by atoms with Gasteiger partial charge in [-0.15, -0.1) is 0 Å². The number of nitrogens with zero attached hydrogens (tertiary/aromatic N) is 3. The van der Waals surface area contributed by atoms with E-state index in [1.807, 2.05) is 18.2 Å². The number of aliphatic hydroxyl groups excluding tert-OH is 1. The van der Waals surface area contributed by atoms with E-state index in [0.29, 0.717) is 12.0 Å². The maximum Gasteiger partial charge on any atom is 0.270 e. The van der Waals surface area contributed by atoms with Crippen molar-refractivity contribution in [2.75, 3.05) is 20.7 Å². The smallest absolute Gasteiger partial charge is 0.270 e. The van der Waals surface area contributed by atoms with Crippen LogP contribution in [0.25, 0.3) is 0 Å². The summed E-state index contributed by atoms with van der Waals surface area (Å²) in [4.78, 5) is 56.7. The predicted molar refractivity (Wildman–Crippen MR) is 176 cm³/mol. The Labute approximate surface area is 270 Å². The van der Waals surface area contributed by atoms with Crippen LogP contribution in [-0.2, 0) is 30.3 Å². The minimum atomic E-state index is -1.05. The first-order chi connectivity index (χ1) is 21.8. The Bertz CT molecular complexity index is 1440. The third kappa shape index (κ3) is 10.4. The summed E-state index contributed by atoms with van der Waals surface area (Å²) >= 11 is 0. The second-order valence-electron chi connectivity index (χ2n) is 11.0. The third-order valence-electron chi connectivity index (χ3n) is 7.30. The number of likely N-dealkylation sites (N-methyl/N-ethyl adjacent to an activating group) is 1. The Kier molecular flexibility index (Phi) is 14.8. The van der Waals surface area contributed by atoms with Crippen molar-refractivity contribution in [1.82, 2.24) is 20.1 Å². The first kappa shape index (κ1) is 37.3. The molecule has 3 atom stereocenters. The van der Waals surface area contributed by atoms with Gasteiger partial charge >= 0.3 is 0 Å². The van der Waals surface area contributed by atoms with Crippen LogP contribution in [-0.4, -0.2) is 82.5 Å². The fourth-order valence-corrected chi connectivity index (χ4v) is 4.40. The lowest BCUT2D eigenvalue weighted by molar-refractivity contribution is -0.158.